The van der Waals surface area contributed by atoms with Crippen molar-refractivity contribution in [2.45, 2.75) is 69.0 Å². The summed E-state index contributed by atoms with van der Waals surface area (Å²) in [6, 6.07) is -0.396. The normalized spacial score (nSPS) is 28.0. The zero-order chi connectivity index (χ0) is 24.1. The van der Waals surface area contributed by atoms with Crippen molar-refractivity contribution in [3.05, 3.63) is 12.3 Å². The number of halogens is 6. The molecule has 1 aromatic heterocycles. The highest BCUT2D eigenvalue weighted by atomic mass is 19.4. The summed E-state index contributed by atoms with van der Waals surface area (Å²) in [5.74, 6) is 0.289. The van der Waals surface area contributed by atoms with Crippen molar-refractivity contribution in [3.8, 4) is 0 Å². The Hall–Kier alpha value is -2.13. The Bertz CT molecular complexity index is 736. The smallest absolute Gasteiger partial charge is 0.428 e. The van der Waals surface area contributed by atoms with Crippen LogP contribution in [0.2, 0.25) is 0 Å². The third kappa shape index (κ3) is 8.62. The fraction of sp³-hybridized carbons (Fsp3) is 0.833. The lowest BCUT2D eigenvalue weighted by Gasteiger charge is -2.32. The number of likely N-dealkylation sites (tertiary alicyclic amines) is 1. The molecule has 188 valence electrons. The zero-order valence-corrected chi connectivity index (χ0v) is 17.4. The van der Waals surface area contributed by atoms with Crippen LogP contribution in [0, 0.1) is 0 Å². The first-order valence-corrected chi connectivity index (χ1v) is 10.4. The van der Waals surface area contributed by atoms with Crippen LogP contribution in [-0.4, -0.2) is 78.4 Å². The van der Waals surface area contributed by atoms with Gasteiger partial charge in [-0.15, -0.1) is 36.5 Å². The summed E-state index contributed by atoms with van der Waals surface area (Å²) in [6.07, 6.45) is -7.29. The predicted octanol–water partition coefficient (Wildman–Crippen LogP) is 3.34. The number of aromatic nitrogens is 2. The molecule has 0 aromatic carbocycles. The van der Waals surface area contributed by atoms with Crippen molar-refractivity contribution >= 4 is 6.03 Å². The number of urea groups is 1. The molecule has 0 spiro atoms. The zero-order valence-electron chi connectivity index (χ0n) is 17.4. The Balaban J connectivity index is 0.000000194. The van der Waals surface area contributed by atoms with Gasteiger partial charge in [-0.25, -0.2) is 4.79 Å². The van der Waals surface area contributed by atoms with Crippen molar-refractivity contribution in [3.63, 3.8) is 0 Å². The fourth-order valence-corrected chi connectivity index (χ4v) is 3.73. The molecule has 1 aliphatic carbocycles. The number of alkyl halides is 6. The number of nitrogens with zero attached hydrogens (tertiary/aromatic N) is 3. The summed E-state index contributed by atoms with van der Waals surface area (Å²) in [6.45, 7) is 1.40. The number of hydrogen-bond acceptors (Lipinski definition) is 7. The van der Waals surface area contributed by atoms with Crippen LogP contribution in [0.1, 0.15) is 43.9 Å². The second-order valence-electron chi connectivity index (χ2n) is 7.91. The molecule has 33 heavy (non-hydrogen) atoms. The van der Waals surface area contributed by atoms with E-state index in [0.29, 0.717) is 19.1 Å². The van der Waals surface area contributed by atoms with E-state index in [0.717, 1.165) is 19.2 Å². The Morgan fingerprint density at radius 2 is 1.79 bits per heavy atom. The van der Waals surface area contributed by atoms with Gasteiger partial charge in [-0.1, -0.05) is 0 Å². The van der Waals surface area contributed by atoms with Gasteiger partial charge in [-0.3, -0.25) is 9.47 Å². The number of rotatable bonds is 4. The molecule has 1 N–H and O–H groups in total. The van der Waals surface area contributed by atoms with Crippen LogP contribution in [0.15, 0.2) is 10.8 Å². The number of carbonyl (C=O) groups is 1. The van der Waals surface area contributed by atoms with Gasteiger partial charge in [0, 0.05) is 25.6 Å². The van der Waals surface area contributed by atoms with Crippen molar-refractivity contribution in [2.24, 2.45) is 0 Å². The average Bonchev–Trinajstić information content (AvgIpc) is 3.36. The molecular formula is C18H24F6N4O5. The Morgan fingerprint density at radius 1 is 1.09 bits per heavy atom. The molecule has 9 nitrogen and oxygen atoms in total. The largest absolute Gasteiger partial charge is 0.522 e. The lowest BCUT2D eigenvalue weighted by Crippen LogP contribution is -2.47. The molecule has 0 bridgehead atoms. The van der Waals surface area contributed by atoms with E-state index in [4.69, 9.17) is 9.15 Å². The number of ether oxygens (including phenoxy) is 3. The standard InChI is InChI=1S/C11H17F3N2O3.C7H7F3N2O2/c12-11(13,14)19-9-3-4-16(6-9)10(17)15-8-2-1-5-18-7-8;8-7(9,10)14-5-1-4(2-5)6-12-11-3-13-6/h8-9H,1-7H2,(H,15,17);3-5H,1-2H2. The summed E-state index contributed by atoms with van der Waals surface area (Å²) in [7, 11) is 0. The molecule has 0 radical (unpaired) electrons. The van der Waals surface area contributed by atoms with Crippen LogP contribution >= 0.6 is 0 Å². The minimum absolute atomic E-state index is 0.0288. The van der Waals surface area contributed by atoms with Gasteiger partial charge in [0.25, 0.3) is 0 Å². The summed E-state index contributed by atoms with van der Waals surface area (Å²) < 4.78 is 89.1. The first-order valence-electron chi connectivity index (χ1n) is 10.4. The van der Waals surface area contributed by atoms with Crippen LogP contribution in [0.3, 0.4) is 0 Å². The highest BCUT2D eigenvalue weighted by Gasteiger charge is 2.42. The van der Waals surface area contributed by atoms with Crippen LogP contribution in [-0.2, 0) is 14.2 Å². The Labute approximate surface area is 184 Å². The number of hydrogen-bond donors (Lipinski definition) is 1. The van der Waals surface area contributed by atoms with Gasteiger partial charge < -0.3 is 19.4 Å². The molecule has 2 aliphatic heterocycles. The maximum absolute atomic E-state index is 12.1. The topological polar surface area (TPSA) is 99.0 Å². The third-order valence-electron chi connectivity index (χ3n) is 5.34. The van der Waals surface area contributed by atoms with Crippen LogP contribution in [0.5, 0.6) is 0 Å². The van der Waals surface area contributed by atoms with Gasteiger partial charge >= 0.3 is 18.8 Å². The molecule has 1 aromatic rings. The molecule has 3 heterocycles. The highest BCUT2D eigenvalue weighted by Crippen LogP contribution is 2.40. The third-order valence-corrected chi connectivity index (χ3v) is 5.34. The minimum atomic E-state index is -4.64. The maximum Gasteiger partial charge on any atom is 0.522 e. The first kappa shape index (κ1) is 25.5. The van der Waals surface area contributed by atoms with E-state index < -0.39 is 24.9 Å². The van der Waals surface area contributed by atoms with Gasteiger partial charge in [0.05, 0.1) is 24.9 Å². The molecule has 2 atom stereocenters. The lowest BCUT2D eigenvalue weighted by molar-refractivity contribution is -0.352. The Morgan fingerprint density at radius 3 is 2.36 bits per heavy atom. The van der Waals surface area contributed by atoms with Crippen LogP contribution in [0.25, 0.3) is 0 Å². The summed E-state index contributed by atoms with van der Waals surface area (Å²) in [5.41, 5.74) is 0. The van der Waals surface area contributed by atoms with E-state index in [-0.39, 0.29) is 50.3 Å². The van der Waals surface area contributed by atoms with E-state index in [1.54, 1.807) is 0 Å². The van der Waals surface area contributed by atoms with Crippen molar-refractivity contribution in [2.75, 3.05) is 26.3 Å². The fourth-order valence-electron chi connectivity index (χ4n) is 3.73. The lowest BCUT2D eigenvalue weighted by atomic mass is 9.82. The van der Waals surface area contributed by atoms with Gasteiger partial charge in [0.1, 0.15) is 0 Å². The SMILES string of the molecule is FC(F)(F)OC1CC(c2nnco2)C1.O=C(NC1CCCOC1)N1CCC(OC(F)(F)F)C1. The molecule has 3 aliphatic rings. The molecule has 3 fully saturated rings. The number of amides is 2. The summed E-state index contributed by atoms with van der Waals surface area (Å²) in [5, 5.41) is 9.83. The number of carbonyl (C=O) groups excluding carboxylic acids is 1. The van der Waals surface area contributed by atoms with Crippen molar-refractivity contribution in [1.82, 2.24) is 20.4 Å². The van der Waals surface area contributed by atoms with Crippen molar-refractivity contribution < 1.29 is 49.8 Å². The van der Waals surface area contributed by atoms with Gasteiger partial charge in [0.15, 0.2) is 0 Å². The van der Waals surface area contributed by atoms with Crippen molar-refractivity contribution in [1.29, 1.82) is 0 Å². The first-order chi connectivity index (χ1) is 15.5. The molecule has 1 saturated carbocycles. The quantitative estimate of drug-likeness (QED) is 0.647. The predicted molar refractivity (Wildman–Crippen MR) is 96.7 cm³/mol. The van der Waals surface area contributed by atoms with Gasteiger partial charge in [-0.2, -0.15) is 0 Å². The van der Waals surface area contributed by atoms with Gasteiger partial charge in [0.2, 0.25) is 12.3 Å². The monoisotopic (exact) mass is 490 g/mol. The van der Waals surface area contributed by atoms with E-state index in [1.165, 1.54) is 4.90 Å². The highest BCUT2D eigenvalue weighted by molar-refractivity contribution is 5.74. The molecule has 4 rings (SSSR count). The summed E-state index contributed by atoms with van der Waals surface area (Å²) >= 11 is 0. The summed E-state index contributed by atoms with van der Waals surface area (Å²) in [4.78, 5) is 13.2. The molecule has 2 saturated heterocycles. The van der Waals surface area contributed by atoms with Gasteiger partial charge in [-0.05, 0) is 32.1 Å². The molecule has 2 unspecified atom stereocenters. The van der Waals surface area contributed by atoms with Crippen LogP contribution in [0.4, 0.5) is 31.1 Å². The maximum atomic E-state index is 12.1. The second-order valence-corrected chi connectivity index (χ2v) is 7.91. The van der Waals surface area contributed by atoms with Crippen LogP contribution < -0.4 is 5.32 Å². The molecule has 2 amide bonds. The average molecular weight is 490 g/mol. The molecular weight excluding hydrogens is 466 g/mol. The van der Waals surface area contributed by atoms with E-state index >= 15 is 0 Å². The Kier molecular flexibility index (Phi) is 8.39. The minimum Gasteiger partial charge on any atom is -0.428 e. The van der Waals surface area contributed by atoms with E-state index in [2.05, 4.69) is 25.0 Å². The molecule has 15 heteroatoms. The number of nitrogens with one attached hydrogen (secondary N) is 1. The van der Waals surface area contributed by atoms with E-state index in [1.807, 2.05) is 0 Å². The van der Waals surface area contributed by atoms with E-state index in [9.17, 15) is 31.1 Å². The second kappa shape index (κ2) is 10.9.